The van der Waals surface area contributed by atoms with Gasteiger partial charge >= 0.3 is 0 Å². The zero-order valence-corrected chi connectivity index (χ0v) is 10.5. The fourth-order valence-electron chi connectivity index (χ4n) is 0.917. The van der Waals surface area contributed by atoms with Crippen LogP contribution in [0.25, 0.3) is 0 Å². The van der Waals surface area contributed by atoms with E-state index in [9.17, 15) is 4.79 Å². The van der Waals surface area contributed by atoms with Crippen LogP contribution < -0.4 is 5.32 Å². The molecule has 0 aliphatic carbocycles. The standard InChI is InChI=1S/C10H14N2OS2/c1-4-5-14-6-9(13)12-10-11-7(2)8(3)15-10/h4H,1,5-6H2,2-3H3,(H,11,12,13). The number of nitrogens with one attached hydrogen (secondary N) is 1. The summed E-state index contributed by atoms with van der Waals surface area (Å²) in [5, 5.41) is 3.46. The summed E-state index contributed by atoms with van der Waals surface area (Å²) in [6, 6.07) is 0. The second-order valence-electron chi connectivity index (χ2n) is 3.01. The van der Waals surface area contributed by atoms with Gasteiger partial charge in [0.2, 0.25) is 5.91 Å². The molecule has 0 radical (unpaired) electrons. The van der Waals surface area contributed by atoms with E-state index < -0.39 is 0 Å². The summed E-state index contributed by atoms with van der Waals surface area (Å²) in [6.07, 6.45) is 1.79. The lowest BCUT2D eigenvalue weighted by atomic mass is 10.4. The summed E-state index contributed by atoms with van der Waals surface area (Å²) in [6.45, 7) is 7.53. The second-order valence-corrected chi connectivity index (χ2v) is 5.25. The minimum atomic E-state index is -0.00407. The average Bonchev–Trinajstić information content (AvgIpc) is 2.46. The van der Waals surface area contributed by atoms with Gasteiger partial charge in [-0.15, -0.1) is 29.7 Å². The van der Waals surface area contributed by atoms with Crippen molar-refractivity contribution in [2.75, 3.05) is 16.8 Å². The molecule has 0 aliphatic rings. The molecule has 3 nitrogen and oxygen atoms in total. The molecule has 1 amide bonds. The first-order chi connectivity index (χ1) is 7.13. The monoisotopic (exact) mass is 242 g/mol. The molecular formula is C10H14N2OS2. The fourth-order valence-corrected chi connectivity index (χ4v) is 2.29. The number of carbonyl (C=O) groups is 1. The van der Waals surface area contributed by atoms with Crippen LogP contribution in [0.1, 0.15) is 10.6 Å². The third-order valence-corrected chi connectivity index (χ3v) is 3.67. The maximum Gasteiger partial charge on any atom is 0.236 e. The zero-order chi connectivity index (χ0) is 11.3. The first-order valence-electron chi connectivity index (χ1n) is 4.56. The lowest BCUT2D eigenvalue weighted by Crippen LogP contribution is -2.13. The summed E-state index contributed by atoms with van der Waals surface area (Å²) in [7, 11) is 0. The largest absolute Gasteiger partial charge is 0.301 e. The smallest absolute Gasteiger partial charge is 0.236 e. The van der Waals surface area contributed by atoms with E-state index in [0.717, 1.165) is 16.3 Å². The number of aryl methyl sites for hydroxylation is 2. The molecule has 15 heavy (non-hydrogen) atoms. The Morgan fingerprint density at radius 2 is 2.40 bits per heavy atom. The number of nitrogens with zero attached hydrogens (tertiary/aromatic N) is 1. The maximum atomic E-state index is 11.4. The highest BCUT2D eigenvalue weighted by Gasteiger charge is 2.07. The van der Waals surface area contributed by atoms with Crippen molar-refractivity contribution >= 4 is 34.1 Å². The predicted octanol–water partition coefficient (Wildman–Crippen LogP) is 2.62. The minimum Gasteiger partial charge on any atom is -0.301 e. The molecule has 0 aliphatic heterocycles. The lowest BCUT2D eigenvalue weighted by molar-refractivity contribution is -0.113. The number of hydrogen-bond donors (Lipinski definition) is 1. The molecule has 0 unspecified atom stereocenters. The van der Waals surface area contributed by atoms with Crippen LogP contribution in [0, 0.1) is 13.8 Å². The van der Waals surface area contributed by atoms with Gasteiger partial charge < -0.3 is 5.32 Å². The van der Waals surface area contributed by atoms with E-state index >= 15 is 0 Å². The van der Waals surface area contributed by atoms with Crippen molar-refractivity contribution < 1.29 is 4.79 Å². The molecule has 0 bridgehead atoms. The molecule has 0 saturated carbocycles. The van der Waals surface area contributed by atoms with Gasteiger partial charge in [0, 0.05) is 10.6 Å². The molecule has 0 spiro atoms. The van der Waals surface area contributed by atoms with E-state index in [4.69, 9.17) is 0 Å². The van der Waals surface area contributed by atoms with Crippen LogP contribution in [0.15, 0.2) is 12.7 Å². The first-order valence-corrected chi connectivity index (χ1v) is 6.53. The number of amides is 1. The van der Waals surface area contributed by atoms with Gasteiger partial charge in [0.25, 0.3) is 0 Å². The lowest BCUT2D eigenvalue weighted by Gasteiger charge is -1.99. The van der Waals surface area contributed by atoms with Gasteiger partial charge in [0.1, 0.15) is 0 Å². The van der Waals surface area contributed by atoms with Crippen molar-refractivity contribution in [1.29, 1.82) is 0 Å². The average molecular weight is 242 g/mol. The van der Waals surface area contributed by atoms with Crippen LogP contribution in [0.2, 0.25) is 0 Å². The van der Waals surface area contributed by atoms with E-state index in [1.807, 2.05) is 13.8 Å². The van der Waals surface area contributed by atoms with E-state index in [0.29, 0.717) is 10.9 Å². The van der Waals surface area contributed by atoms with E-state index in [2.05, 4.69) is 16.9 Å². The summed E-state index contributed by atoms with van der Waals surface area (Å²) < 4.78 is 0. The zero-order valence-electron chi connectivity index (χ0n) is 8.87. The van der Waals surface area contributed by atoms with E-state index in [-0.39, 0.29) is 5.91 Å². The third kappa shape index (κ3) is 4.05. The predicted molar refractivity (Wildman–Crippen MR) is 67.7 cm³/mol. The van der Waals surface area contributed by atoms with Gasteiger partial charge in [-0.2, -0.15) is 0 Å². The van der Waals surface area contributed by atoms with Crippen molar-refractivity contribution in [3.05, 3.63) is 23.2 Å². The Balaban J connectivity index is 2.40. The van der Waals surface area contributed by atoms with Crippen LogP contribution in [0.5, 0.6) is 0 Å². The van der Waals surface area contributed by atoms with Crippen LogP contribution in [-0.4, -0.2) is 22.4 Å². The molecule has 1 aromatic heterocycles. The molecule has 0 atom stereocenters. The van der Waals surface area contributed by atoms with Crippen molar-refractivity contribution in [2.45, 2.75) is 13.8 Å². The quantitative estimate of drug-likeness (QED) is 0.637. The molecule has 5 heteroatoms. The molecule has 1 heterocycles. The third-order valence-electron chi connectivity index (χ3n) is 1.74. The highest BCUT2D eigenvalue weighted by Crippen LogP contribution is 2.21. The van der Waals surface area contributed by atoms with Gasteiger partial charge in [-0.1, -0.05) is 6.08 Å². The van der Waals surface area contributed by atoms with Crippen molar-refractivity contribution in [2.24, 2.45) is 0 Å². The Labute approximate surface area is 98.0 Å². The summed E-state index contributed by atoms with van der Waals surface area (Å²) in [5.74, 6) is 1.24. The van der Waals surface area contributed by atoms with Crippen LogP contribution >= 0.6 is 23.1 Å². The summed E-state index contributed by atoms with van der Waals surface area (Å²) >= 11 is 3.05. The number of thiazole rings is 1. The van der Waals surface area contributed by atoms with Crippen molar-refractivity contribution in [1.82, 2.24) is 4.98 Å². The molecule has 0 saturated heterocycles. The van der Waals surface area contributed by atoms with Crippen LogP contribution in [-0.2, 0) is 4.79 Å². The Morgan fingerprint density at radius 1 is 1.67 bits per heavy atom. The van der Waals surface area contributed by atoms with Crippen LogP contribution in [0.3, 0.4) is 0 Å². The second kappa shape index (κ2) is 5.92. The Morgan fingerprint density at radius 3 is 2.93 bits per heavy atom. The van der Waals surface area contributed by atoms with Crippen molar-refractivity contribution in [3.63, 3.8) is 0 Å². The number of carbonyl (C=O) groups excluding carboxylic acids is 1. The van der Waals surface area contributed by atoms with Crippen molar-refractivity contribution in [3.8, 4) is 0 Å². The van der Waals surface area contributed by atoms with Gasteiger partial charge in [0.15, 0.2) is 5.13 Å². The number of hydrogen-bond acceptors (Lipinski definition) is 4. The Hall–Kier alpha value is -0.810. The highest BCUT2D eigenvalue weighted by atomic mass is 32.2. The van der Waals surface area contributed by atoms with Gasteiger partial charge in [-0.05, 0) is 13.8 Å². The number of aromatic nitrogens is 1. The molecule has 1 N–H and O–H groups in total. The van der Waals surface area contributed by atoms with E-state index in [1.54, 1.807) is 6.08 Å². The number of thioether (sulfide) groups is 1. The number of rotatable bonds is 5. The highest BCUT2D eigenvalue weighted by molar-refractivity contribution is 8.00. The maximum absolute atomic E-state index is 11.4. The first kappa shape index (κ1) is 12.3. The molecule has 1 aromatic rings. The minimum absolute atomic E-state index is 0.00407. The summed E-state index contributed by atoms with van der Waals surface area (Å²) in [4.78, 5) is 16.8. The summed E-state index contributed by atoms with van der Waals surface area (Å²) in [5.41, 5.74) is 0.981. The number of anilines is 1. The van der Waals surface area contributed by atoms with Gasteiger partial charge in [-0.3, -0.25) is 4.79 Å². The SMILES string of the molecule is C=CCSCC(=O)Nc1nc(C)c(C)s1. The molecule has 0 fully saturated rings. The van der Waals surface area contributed by atoms with Gasteiger partial charge in [0.05, 0.1) is 11.4 Å². The Kier molecular flexibility index (Phi) is 4.84. The molecular weight excluding hydrogens is 228 g/mol. The Bertz CT molecular complexity index is 341. The fraction of sp³-hybridized carbons (Fsp3) is 0.400. The molecule has 1 rings (SSSR count). The van der Waals surface area contributed by atoms with E-state index in [1.165, 1.54) is 23.1 Å². The van der Waals surface area contributed by atoms with Gasteiger partial charge in [-0.25, -0.2) is 4.98 Å². The van der Waals surface area contributed by atoms with Crippen LogP contribution in [0.4, 0.5) is 5.13 Å². The normalized spacial score (nSPS) is 10.0. The topological polar surface area (TPSA) is 42.0 Å². The molecule has 0 aromatic carbocycles. The molecule has 82 valence electrons.